The summed E-state index contributed by atoms with van der Waals surface area (Å²) >= 11 is 0. The first-order valence-corrected chi connectivity index (χ1v) is 7.82. The Bertz CT molecular complexity index is 644. The van der Waals surface area contributed by atoms with Gasteiger partial charge in [0.05, 0.1) is 0 Å². The van der Waals surface area contributed by atoms with E-state index in [-0.39, 0.29) is 17.9 Å². The molecule has 0 unspecified atom stereocenters. The number of aromatic nitrogens is 1. The van der Waals surface area contributed by atoms with Gasteiger partial charge < -0.3 is 20.1 Å². The van der Waals surface area contributed by atoms with Crippen LogP contribution in [0.5, 0.6) is 0 Å². The minimum atomic E-state index is -0.712. The number of alkyl carbamates (subject to hydrolysis) is 1. The molecule has 0 aliphatic heterocycles. The van der Waals surface area contributed by atoms with Gasteiger partial charge >= 0.3 is 12.1 Å². The summed E-state index contributed by atoms with van der Waals surface area (Å²) in [6.07, 6.45) is 0.723. The molecule has 1 heterocycles. The number of nitrogens with zero attached hydrogens (tertiary/aromatic N) is 1. The summed E-state index contributed by atoms with van der Waals surface area (Å²) in [5.41, 5.74) is -1.21. The van der Waals surface area contributed by atoms with Crippen molar-refractivity contribution >= 4 is 23.8 Å². The topological polar surface area (TPSA) is 107 Å². The van der Waals surface area contributed by atoms with Crippen LogP contribution >= 0.6 is 0 Å². The first-order chi connectivity index (χ1) is 11.4. The standard InChI is InChI=1S/C17H25N3O5/c1-16(2,3)24-14(22)11-8-7-9-18-13(11)20-12(21)10-19-15(23)25-17(4,5)6/h7-9H,10H2,1-6H3,(H,19,23)(H,18,20,21). The zero-order valence-electron chi connectivity index (χ0n) is 15.4. The highest BCUT2D eigenvalue weighted by Crippen LogP contribution is 2.17. The maximum Gasteiger partial charge on any atom is 0.408 e. The number of pyridine rings is 1. The maximum absolute atomic E-state index is 12.2. The molecule has 2 N–H and O–H groups in total. The minimum absolute atomic E-state index is 0.0627. The smallest absolute Gasteiger partial charge is 0.408 e. The summed E-state index contributed by atoms with van der Waals surface area (Å²) in [6, 6.07) is 3.06. The lowest BCUT2D eigenvalue weighted by Crippen LogP contribution is -2.37. The molecule has 25 heavy (non-hydrogen) atoms. The lowest BCUT2D eigenvalue weighted by atomic mass is 10.2. The summed E-state index contributed by atoms with van der Waals surface area (Å²) in [5, 5.41) is 4.80. The van der Waals surface area contributed by atoms with Crippen molar-refractivity contribution in [1.82, 2.24) is 10.3 Å². The van der Waals surface area contributed by atoms with Gasteiger partial charge in [-0.05, 0) is 53.7 Å². The molecular weight excluding hydrogens is 326 g/mol. The fraction of sp³-hybridized carbons (Fsp3) is 0.529. The molecule has 1 aromatic rings. The lowest BCUT2D eigenvalue weighted by molar-refractivity contribution is -0.115. The van der Waals surface area contributed by atoms with E-state index in [1.54, 1.807) is 47.6 Å². The van der Waals surface area contributed by atoms with Crippen molar-refractivity contribution in [1.29, 1.82) is 0 Å². The Kier molecular flexibility index (Phi) is 6.49. The third-order valence-corrected chi connectivity index (χ3v) is 2.48. The van der Waals surface area contributed by atoms with Crippen LogP contribution in [0.2, 0.25) is 0 Å². The monoisotopic (exact) mass is 351 g/mol. The number of nitrogens with one attached hydrogen (secondary N) is 2. The molecule has 0 radical (unpaired) electrons. The van der Waals surface area contributed by atoms with E-state index in [0.29, 0.717) is 0 Å². The molecule has 0 bridgehead atoms. The predicted molar refractivity (Wildman–Crippen MR) is 92.3 cm³/mol. The Labute approximate surface area is 147 Å². The zero-order valence-corrected chi connectivity index (χ0v) is 15.4. The average molecular weight is 351 g/mol. The molecule has 0 saturated carbocycles. The number of ether oxygens (including phenoxy) is 2. The number of esters is 1. The van der Waals surface area contributed by atoms with Gasteiger partial charge in [-0.1, -0.05) is 0 Å². The molecule has 2 amide bonds. The number of amides is 2. The number of hydrogen-bond donors (Lipinski definition) is 2. The van der Waals surface area contributed by atoms with E-state index < -0.39 is 29.2 Å². The van der Waals surface area contributed by atoms with E-state index in [9.17, 15) is 14.4 Å². The number of carbonyl (C=O) groups excluding carboxylic acids is 3. The highest BCUT2D eigenvalue weighted by molar-refractivity contribution is 6.01. The van der Waals surface area contributed by atoms with Crippen molar-refractivity contribution in [2.24, 2.45) is 0 Å². The lowest BCUT2D eigenvalue weighted by Gasteiger charge is -2.20. The highest BCUT2D eigenvalue weighted by atomic mass is 16.6. The van der Waals surface area contributed by atoms with E-state index in [4.69, 9.17) is 9.47 Å². The van der Waals surface area contributed by atoms with Crippen LogP contribution in [0.1, 0.15) is 51.9 Å². The fourth-order valence-electron chi connectivity index (χ4n) is 1.65. The molecular formula is C17H25N3O5. The maximum atomic E-state index is 12.2. The van der Waals surface area contributed by atoms with Crippen molar-refractivity contribution in [3.05, 3.63) is 23.9 Å². The van der Waals surface area contributed by atoms with Crippen LogP contribution in [0.15, 0.2) is 18.3 Å². The van der Waals surface area contributed by atoms with Crippen molar-refractivity contribution in [3.8, 4) is 0 Å². The van der Waals surface area contributed by atoms with E-state index in [0.717, 1.165) is 0 Å². The van der Waals surface area contributed by atoms with Gasteiger partial charge in [0.25, 0.3) is 0 Å². The quantitative estimate of drug-likeness (QED) is 0.807. The van der Waals surface area contributed by atoms with Crippen molar-refractivity contribution in [3.63, 3.8) is 0 Å². The molecule has 0 fully saturated rings. The molecule has 1 rings (SSSR count). The summed E-state index contributed by atoms with van der Waals surface area (Å²) in [4.78, 5) is 39.7. The molecule has 138 valence electrons. The molecule has 1 aromatic heterocycles. The van der Waals surface area contributed by atoms with Crippen LogP contribution in [-0.4, -0.2) is 40.7 Å². The van der Waals surface area contributed by atoms with Crippen LogP contribution in [0.25, 0.3) is 0 Å². The van der Waals surface area contributed by atoms with Gasteiger partial charge in [0.15, 0.2) is 0 Å². The molecule has 0 atom stereocenters. The molecule has 0 spiro atoms. The van der Waals surface area contributed by atoms with Gasteiger partial charge in [0.2, 0.25) is 5.91 Å². The van der Waals surface area contributed by atoms with Gasteiger partial charge in [-0.2, -0.15) is 0 Å². The van der Waals surface area contributed by atoms with Crippen molar-refractivity contribution in [2.75, 3.05) is 11.9 Å². The molecule has 0 aliphatic carbocycles. The van der Waals surface area contributed by atoms with Crippen molar-refractivity contribution < 1.29 is 23.9 Å². The van der Waals surface area contributed by atoms with E-state index >= 15 is 0 Å². The summed E-state index contributed by atoms with van der Waals surface area (Å²) < 4.78 is 10.3. The van der Waals surface area contributed by atoms with Crippen molar-refractivity contribution in [2.45, 2.75) is 52.7 Å². The number of rotatable bonds is 4. The Morgan fingerprint density at radius 1 is 1.04 bits per heavy atom. The summed E-state index contributed by atoms with van der Waals surface area (Å²) in [5.74, 6) is -1.09. The third kappa shape index (κ3) is 8.14. The van der Waals surface area contributed by atoms with Gasteiger partial charge in [-0.15, -0.1) is 0 Å². The van der Waals surface area contributed by atoms with E-state index in [1.165, 1.54) is 12.3 Å². The molecule has 0 saturated heterocycles. The van der Waals surface area contributed by atoms with Crippen LogP contribution in [0.4, 0.5) is 10.6 Å². The normalized spacial score (nSPS) is 11.4. The Morgan fingerprint density at radius 2 is 1.64 bits per heavy atom. The fourth-order valence-corrected chi connectivity index (χ4v) is 1.65. The second-order valence-corrected chi connectivity index (χ2v) is 7.31. The van der Waals surface area contributed by atoms with Gasteiger partial charge in [-0.3, -0.25) is 4.79 Å². The van der Waals surface area contributed by atoms with Gasteiger partial charge in [0.1, 0.15) is 29.1 Å². The predicted octanol–water partition coefficient (Wildman–Crippen LogP) is 2.50. The van der Waals surface area contributed by atoms with E-state index in [2.05, 4.69) is 15.6 Å². The van der Waals surface area contributed by atoms with Gasteiger partial charge in [-0.25, -0.2) is 14.6 Å². The second kappa shape index (κ2) is 7.96. The molecule has 8 nitrogen and oxygen atoms in total. The zero-order chi connectivity index (χ0) is 19.3. The van der Waals surface area contributed by atoms with Gasteiger partial charge in [0, 0.05) is 6.20 Å². The van der Waals surface area contributed by atoms with Crippen LogP contribution in [0, 0.1) is 0 Å². The first-order valence-electron chi connectivity index (χ1n) is 7.82. The Morgan fingerprint density at radius 3 is 2.20 bits per heavy atom. The summed E-state index contributed by atoms with van der Waals surface area (Å²) in [7, 11) is 0. The van der Waals surface area contributed by atoms with Crippen LogP contribution < -0.4 is 10.6 Å². The second-order valence-electron chi connectivity index (χ2n) is 7.31. The molecule has 0 aliphatic rings. The van der Waals surface area contributed by atoms with Crippen LogP contribution in [0.3, 0.4) is 0 Å². The SMILES string of the molecule is CC(C)(C)OC(=O)NCC(=O)Nc1ncccc1C(=O)OC(C)(C)C. The number of hydrogen-bond acceptors (Lipinski definition) is 6. The highest BCUT2D eigenvalue weighted by Gasteiger charge is 2.22. The Balaban J connectivity index is 2.69. The largest absolute Gasteiger partial charge is 0.456 e. The van der Waals surface area contributed by atoms with Crippen LogP contribution in [-0.2, 0) is 14.3 Å². The van der Waals surface area contributed by atoms with E-state index in [1.807, 2.05) is 0 Å². The average Bonchev–Trinajstić information content (AvgIpc) is 2.42. The molecule has 0 aromatic carbocycles. The Hall–Kier alpha value is -2.64. The number of anilines is 1. The molecule has 8 heteroatoms. The summed E-state index contributed by atoms with van der Waals surface area (Å²) in [6.45, 7) is 10.0. The third-order valence-electron chi connectivity index (χ3n) is 2.48. The minimum Gasteiger partial charge on any atom is -0.456 e. The number of carbonyl (C=O) groups is 3. The first kappa shape index (κ1) is 20.4.